The lowest BCUT2D eigenvalue weighted by Crippen LogP contribution is -2.13. The van der Waals surface area contributed by atoms with Gasteiger partial charge in [-0.2, -0.15) is 0 Å². The lowest BCUT2D eigenvalue weighted by molar-refractivity contribution is 0.101. The van der Waals surface area contributed by atoms with Crippen LogP contribution in [-0.4, -0.2) is 17.7 Å². The molecule has 0 unspecified atom stereocenters. The van der Waals surface area contributed by atoms with Gasteiger partial charge in [-0.3, -0.25) is 14.4 Å². The minimum atomic E-state index is -0.146. The molecule has 0 bridgehead atoms. The number of hydrogen-bond acceptors (Lipinski definition) is 6. The maximum Gasteiger partial charge on any atom is 0.259 e. The largest absolute Gasteiger partial charge is 0.469 e. The third-order valence-electron chi connectivity index (χ3n) is 7.27. The Balaban J connectivity index is 0.000000163. The number of carbonyl (C=O) groups is 3. The molecule has 3 aromatic carbocycles. The number of nitrogens with one attached hydrogen (secondary N) is 3. The Hall–Kier alpha value is -6.09. The molecule has 0 aliphatic carbocycles. The summed E-state index contributed by atoms with van der Waals surface area (Å²) in [7, 11) is 0. The number of rotatable bonds is 6. The van der Waals surface area contributed by atoms with Gasteiger partial charge in [-0.05, 0) is 90.1 Å². The lowest BCUT2D eigenvalue weighted by atomic mass is 10.1. The van der Waals surface area contributed by atoms with Gasteiger partial charge in [0.15, 0.2) is 0 Å². The predicted molar refractivity (Wildman–Crippen MR) is 188 cm³/mol. The monoisotopic (exact) mass is 645 g/mol. The van der Waals surface area contributed by atoms with Crippen LogP contribution in [0, 0.1) is 41.5 Å². The van der Waals surface area contributed by atoms with Crippen LogP contribution in [0.3, 0.4) is 0 Å². The summed E-state index contributed by atoms with van der Waals surface area (Å²) < 4.78 is 15.8. The quantitative estimate of drug-likeness (QED) is 0.166. The van der Waals surface area contributed by atoms with Gasteiger partial charge >= 0.3 is 0 Å². The number of hydrogen-bond donors (Lipinski definition) is 3. The molecule has 0 fully saturated rings. The van der Waals surface area contributed by atoms with Crippen molar-refractivity contribution in [2.75, 3.05) is 16.0 Å². The second-order valence-corrected chi connectivity index (χ2v) is 10.9. The zero-order chi connectivity index (χ0) is 34.6. The fourth-order valence-electron chi connectivity index (χ4n) is 4.76. The Labute approximate surface area is 280 Å². The minimum absolute atomic E-state index is 0.122. The summed E-state index contributed by atoms with van der Waals surface area (Å²) in [6.07, 6.45) is 1.51. The van der Waals surface area contributed by atoms with Crippen molar-refractivity contribution in [2.24, 2.45) is 0 Å². The van der Waals surface area contributed by atoms with Crippen molar-refractivity contribution < 1.29 is 27.6 Å². The first-order valence-corrected chi connectivity index (χ1v) is 15.3. The van der Waals surface area contributed by atoms with Crippen molar-refractivity contribution in [1.82, 2.24) is 0 Å². The number of carbonyl (C=O) groups excluding carboxylic acids is 3. The van der Waals surface area contributed by atoms with Crippen LogP contribution in [0.2, 0.25) is 0 Å². The number of para-hydroxylation sites is 3. The van der Waals surface area contributed by atoms with E-state index < -0.39 is 0 Å². The van der Waals surface area contributed by atoms with E-state index in [1.807, 2.05) is 112 Å². The highest BCUT2D eigenvalue weighted by Gasteiger charge is 2.18. The lowest BCUT2D eigenvalue weighted by Gasteiger charge is -2.04. The predicted octanol–water partition coefficient (Wildman–Crippen LogP) is 9.45. The number of aryl methyl sites for hydroxylation is 5. The van der Waals surface area contributed by atoms with E-state index in [0.717, 1.165) is 34.1 Å². The first kappa shape index (κ1) is 34.8. The highest BCUT2D eigenvalue weighted by atomic mass is 16.3. The second kappa shape index (κ2) is 16.5. The van der Waals surface area contributed by atoms with Crippen LogP contribution in [0.25, 0.3) is 0 Å². The minimum Gasteiger partial charge on any atom is -0.469 e. The molecule has 0 spiro atoms. The third kappa shape index (κ3) is 9.46. The summed E-state index contributed by atoms with van der Waals surface area (Å²) >= 11 is 0. The number of amides is 3. The van der Waals surface area contributed by atoms with Crippen LogP contribution in [-0.2, 0) is 0 Å². The first-order valence-electron chi connectivity index (χ1n) is 15.3. The smallest absolute Gasteiger partial charge is 0.259 e. The Bertz CT molecular complexity index is 1950. The molecule has 3 N–H and O–H groups in total. The fraction of sp³-hybridized carbons (Fsp3) is 0.154. The van der Waals surface area contributed by atoms with Gasteiger partial charge in [0, 0.05) is 22.6 Å². The number of furan rings is 3. The molecule has 3 aromatic heterocycles. The Morgan fingerprint density at radius 3 is 1.31 bits per heavy atom. The molecular formula is C39H39N3O6. The average molecular weight is 646 g/mol. The standard InChI is InChI=1S/C14H15NO2.C13H13NO2.C12H11NO2/c1-9-10(2)17-11(3)13(9)14(16)15-12-7-5-4-6-8-12;1-9-8-12(10(2)16-9)13(15)14-11-6-4-3-5-7-11;1-9-11(7-8-15-9)12(14)13-10-5-3-2-4-6-10/h4-8H,1-3H3,(H,15,16);3-8H,1-2H3,(H,14,15);2-8H,1H3,(H,13,14). The van der Waals surface area contributed by atoms with Crippen LogP contribution in [0.1, 0.15) is 65.4 Å². The van der Waals surface area contributed by atoms with E-state index in [9.17, 15) is 14.4 Å². The molecule has 3 amide bonds. The summed E-state index contributed by atoms with van der Waals surface area (Å²) in [6, 6.07) is 31.5. The van der Waals surface area contributed by atoms with Crippen LogP contribution < -0.4 is 16.0 Å². The van der Waals surface area contributed by atoms with E-state index in [-0.39, 0.29) is 17.7 Å². The molecule has 0 saturated heterocycles. The van der Waals surface area contributed by atoms with E-state index in [4.69, 9.17) is 13.3 Å². The van der Waals surface area contributed by atoms with E-state index >= 15 is 0 Å². The first-order chi connectivity index (χ1) is 23.0. The molecule has 6 rings (SSSR count). The van der Waals surface area contributed by atoms with Crippen molar-refractivity contribution in [3.05, 3.63) is 160 Å². The van der Waals surface area contributed by atoms with Crippen molar-refractivity contribution >= 4 is 34.8 Å². The van der Waals surface area contributed by atoms with Crippen molar-refractivity contribution in [3.63, 3.8) is 0 Å². The highest BCUT2D eigenvalue weighted by Crippen LogP contribution is 2.22. The molecule has 0 saturated carbocycles. The van der Waals surface area contributed by atoms with E-state index in [1.54, 1.807) is 32.9 Å². The highest BCUT2D eigenvalue weighted by molar-refractivity contribution is 6.06. The molecule has 0 aliphatic heterocycles. The maximum atomic E-state index is 12.1. The normalized spacial score (nSPS) is 10.1. The van der Waals surface area contributed by atoms with Gasteiger partial charge in [0.2, 0.25) is 0 Å². The van der Waals surface area contributed by atoms with Gasteiger partial charge in [0.1, 0.15) is 28.8 Å². The van der Waals surface area contributed by atoms with Crippen molar-refractivity contribution in [3.8, 4) is 0 Å². The van der Waals surface area contributed by atoms with Gasteiger partial charge in [0.05, 0.1) is 23.0 Å². The molecule has 48 heavy (non-hydrogen) atoms. The topological polar surface area (TPSA) is 127 Å². The number of benzene rings is 3. The summed E-state index contributed by atoms with van der Waals surface area (Å²) in [6.45, 7) is 10.9. The summed E-state index contributed by atoms with van der Waals surface area (Å²) in [4.78, 5) is 35.7. The van der Waals surface area contributed by atoms with Crippen molar-refractivity contribution in [1.29, 1.82) is 0 Å². The van der Waals surface area contributed by atoms with Crippen molar-refractivity contribution in [2.45, 2.75) is 41.5 Å². The maximum absolute atomic E-state index is 12.1. The molecule has 0 aliphatic rings. The molecule has 6 aromatic rings. The summed E-state index contributed by atoms with van der Waals surface area (Å²) in [5, 5.41) is 8.45. The second-order valence-electron chi connectivity index (χ2n) is 10.9. The third-order valence-corrected chi connectivity index (χ3v) is 7.27. The molecule has 246 valence electrons. The van der Waals surface area contributed by atoms with E-state index in [0.29, 0.717) is 34.0 Å². The fourth-order valence-corrected chi connectivity index (χ4v) is 4.76. The van der Waals surface area contributed by atoms with E-state index in [2.05, 4.69) is 16.0 Å². The van der Waals surface area contributed by atoms with Crippen LogP contribution in [0.15, 0.2) is 123 Å². The van der Waals surface area contributed by atoms with Gasteiger partial charge < -0.3 is 29.2 Å². The Kier molecular flexibility index (Phi) is 11.9. The van der Waals surface area contributed by atoms with E-state index in [1.165, 1.54) is 6.26 Å². The molecule has 9 heteroatoms. The van der Waals surface area contributed by atoms with Gasteiger partial charge in [-0.1, -0.05) is 54.6 Å². The van der Waals surface area contributed by atoms with Gasteiger partial charge in [0.25, 0.3) is 17.7 Å². The Morgan fingerprint density at radius 2 is 0.938 bits per heavy atom. The summed E-state index contributed by atoms with van der Waals surface area (Å²) in [5.74, 6) is 3.07. The average Bonchev–Trinajstić information content (AvgIpc) is 3.73. The van der Waals surface area contributed by atoms with Gasteiger partial charge in [-0.15, -0.1) is 0 Å². The SMILES string of the molecule is Cc1cc(C(=O)Nc2ccccc2)c(C)o1.Cc1oc(C)c(C(=O)Nc2ccccc2)c1C.Cc1occc1C(=O)Nc1ccccc1. The zero-order valence-corrected chi connectivity index (χ0v) is 27.8. The van der Waals surface area contributed by atoms with Crippen LogP contribution in [0.4, 0.5) is 17.1 Å². The van der Waals surface area contributed by atoms with Gasteiger partial charge in [-0.25, -0.2) is 0 Å². The molecule has 3 heterocycles. The summed E-state index contributed by atoms with van der Waals surface area (Å²) in [5.41, 5.74) is 5.03. The van der Waals surface area contributed by atoms with Crippen LogP contribution in [0.5, 0.6) is 0 Å². The Morgan fingerprint density at radius 1 is 0.479 bits per heavy atom. The molecular weight excluding hydrogens is 606 g/mol. The molecule has 0 radical (unpaired) electrons. The number of anilines is 3. The van der Waals surface area contributed by atoms with Crippen LogP contribution >= 0.6 is 0 Å². The molecule has 9 nitrogen and oxygen atoms in total. The zero-order valence-electron chi connectivity index (χ0n) is 27.8. The molecule has 0 atom stereocenters.